The van der Waals surface area contributed by atoms with E-state index in [1.165, 1.54) is 0 Å². The summed E-state index contributed by atoms with van der Waals surface area (Å²) in [5.74, 6) is 0. The van der Waals surface area contributed by atoms with Crippen molar-refractivity contribution < 1.29 is 13.0 Å². The van der Waals surface area contributed by atoms with E-state index in [1.54, 1.807) is 6.07 Å². The molecule has 4 nitrogen and oxygen atoms in total. The van der Waals surface area contributed by atoms with E-state index in [9.17, 15) is 8.42 Å². The summed E-state index contributed by atoms with van der Waals surface area (Å²) in [6, 6.07) is 5.42. The predicted octanol–water partition coefficient (Wildman–Crippen LogP) is 1.77. The number of hydrogen-bond donors (Lipinski definition) is 2. The van der Waals surface area contributed by atoms with Crippen LogP contribution in [-0.4, -0.2) is 13.0 Å². The third-order valence-electron chi connectivity index (χ3n) is 1.89. The first-order valence-electron chi connectivity index (χ1n) is 4.27. The van der Waals surface area contributed by atoms with Crippen molar-refractivity contribution in [3.05, 3.63) is 29.3 Å². The molecular formula is C9H13NO3S. The van der Waals surface area contributed by atoms with Crippen LogP contribution < -0.4 is 4.72 Å². The SMILES string of the molecule is CCc1ccc(C)cc1NS(=O)(=O)O. The Morgan fingerprint density at radius 1 is 1.43 bits per heavy atom. The number of benzene rings is 1. The van der Waals surface area contributed by atoms with Crippen LogP contribution in [0.15, 0.2) is 18.2 Å². The molecule has 0 saturated heterocycles. The van der Waals surface area contributed by atoms with Gasteiger partial charge in [0.25, 0.3) is 0 Å². The molecule has 0 unspecified atom stereocenters. The molecule has 2 N–H and O–H groups in total. The average Bonchev–Trinajstić information content (AvgIpc) is 2.01. The fourth-order valence-corrected chi connectivity index (χ4v) is 1.70. The van der Waals surface area contributed by atoms with E-state index in [2.05, 4.69) is 4.72 Å². The molecule has 0 aliphatic rings. The van der Waals surface area contributed by atoms with Gasteiger partial charge in [-0.05, 0) is 30.5 Å². The molecular weight excluding hydrogens is 202 g/mol. The summed E-state index contributed by atoms with van der Waals surface area (Å²) >= 11 is 0. The van der Waals surface area contributed by atoms with Crippen LogP contribution in [0.5, 0.6) is 0 Å². The van der Waals surface area contributed by atoms with E-state index < -0.39 is 10.3 Å². The molecule has 1 aromatic carbocycles. The van der Waals surface area contributed by atoms with Gasteiger partial charge in [0.2, 0.25) is 0 Å². The first kappa shape index (κ1) is 11.0. The maximum atomic E-state index is 10.6. The smallest absolute Gasteiger partial charge is 0.269 e. The Labute approximate surface area is 83.8 Å². The minimum Gasteiger partial charge on any atom is -0.269 e. The van der Waals surface area contributed by atoms with Crippen LogP contribution >= 0.6 is 0 Å². The molecule has 1 rings (SSSR count). The molecule has 0 atom stereocenters. The van der Waals surface area contributed by atoms with Crippen LogP contribution in [0.3, 0.4) is 0 Å². The molecule has 1 aromatic rings. The van der Waals surface area contributed by atoms with Gasteiger partial charge in [-0.3, -0.25) is 9.27 Å². The summed E-state index contributed by atoms with van der Waals surface area (Å²) < 4.78 is 32.0. The first-order valence-corrected chi connectivity index (χ1v) is 5.71. The quantitative estimate of drug-likeness (QED) is 0.755. The molecule has 0 amide bonds. The van der Waals surface area contributed by atoms with Gasteiger partial charge in [-0.25, -0.2) is 0 Å². The molecule has 0 aromatic heterocycles. The van der Waals surface area contributed by atoms with Crippen LogP contribution in [0.25, 0.3) is 0 Å². The standard InChI is InChI=1S/C9H13NO3S/c1-3-8-5-4-7(2)6-9(8)10-14(11,12)13/h4-6,10H,3H2,1-2H3,(H,11,12,13). The molecule has 0 heterocycles. The average molecular weight is 215 g/mol. The summed E-state index contributed by atoms with van der Waals surface area (Å²) in [7, 11) is -4.18. The second kappa shape index (κ2) is 3.98. The predicted molar refractivity (Wildman–Crippen MR) is 55.7 cm³/mol. The summed E-state index contributed by atoms with van der Waals surface area (Å²) in [6.07, 6.45) is 0.706. The third kappa shape index (κ3) is 3.01. The van der Waals surface area contributed by atoms with E-state index in [0.29, 0.717) is 12.1 Å². The highest BCUT2D eigenvalue weighted by Gasteiger charge is 2.07. The highest BCUT2D eigenvalue weighted by atomic mass is 32.2. The first-order chi connectivity index (χ1) is 6.42. The van der Waals surface area contributed by atoms with Crippen LogP contribution in [0.4, 0.5) is 5.69 Å². The Bertz CT molecular complexity index is 426. The van der Waals surface area contributed by atoms with Gasteiger partial charge in [0.05, 0.1) is 5.69 Å². The molecule has 0 spiro atoms. The molecule has 0 saturated carbocycles. The van der Waals surface area contributed by atoms with Crippen LogP contribution in [0.2, 0.25) is 0 Å². The maximum Gasteiger partial charge on any atom is 0.357 e. The number of aryl methyl sites for hydroxylation is 2. The number of hydrogen-bond acceptors (Lipinski definition) is 2. The lowest BCUT2D eigenvalue weighted by Crippen LogP contribution is -2.12. The van der Waals surface area contributed by atoms with Gasteiger partial charge in [-0.2, -0.15) is 8.42 Å². The van der Waals surface area contributed by atoms with E-state index in [4.69, 9.17) is 4.55 Å². The van der Waals surface area contributed by atoms with Crippen molar-refractivity contribution in [3.63, 3.8) is 0 Å². The third-order valence-corrected chi connectivity index (χ3v) is 2.36. The Balaban J connectivity index is 3.11. The van der Waals surface area contributed by atoms with Gasteiger partial charge in [0.1, 0.15) is 0 Å². The molecule has 0 aliphatic heterocycles. The van der Waals surface area contributed by atoms with Gasteiger partial charge in [0, 0.05) is 0 Å². The van der Waals surface area contributed by atoms with Gasteiger partial charge in [-0.15, -0.1) is 0 Å². The van der Waals surface area contributed by atoms with Crippen molar-refractivity contribution in [1.82, 2.24) is 0 Å². The molecule has 78 valence electrons. The summed E-state index contributed by atoms with van der Waals surface area (Å²) in [5, 5.41) is 0. The van der Waals surface area contributed by atoms with Crippen LogP contribution in [-0.2, 0) is 16.7 Å². The summed E-state index contributed by atoms with van der Waals surface area (Å²) in [4.78, 5) is 0. The lowest BCUT2D eigenvalue weighted by molar-refractivity contribution is 0.489. The van der Waals surface area contributed by atoms with Gasteiger partial charge >= 0.3 is 10.3 Å². The summed E-state index contributed by atoms with van der Waals surface area (Å²) in [6.45, 7) is 3.77. The summed E-state index contributed by atoms with van der Waals surface area (Å²) in [5.41, 5.74) is 2.23. The van der Waals surface area contributed by atoms with Crippen molar-refractivity contribution in [2.75, 3.05) is 4.72 Å². The van der Waals surface area contributed by atoms with Gasteiger partial charge < -0.3 is 0 Å². The topological polar surface area (TPSA) is 66.4 Å². The minimum absolute atomic E-state index is 0.440. The van der Waals surface area contributed by atoms with E-state index in [1.807, 2.05) is 26.0 Å². The largest absolute Gasteiger partial charge is 0.357 e. The molecule has 0 aliphatic carbocycles. The van der Waals surface area contributed by atoms with Crippen molar-refractivity contribution >= 4 is 16.0 Å². The van der Waals surface area contributed by atoms with E-state index >= 15 is 0 Å². The van der Waals surface area contributed by atoms with Crippen LogP contribution in [0.1, 0.15) is 18.1 Å². The Hall–Kier alpha value is -1.07. The lowest BCUT2D eigenvalue weighted by Gasteiger charge is -2.08. The van der Waals surface area contributed by atoms with Crippen molar-refractivity contribution in [2.45, 2.75) is 20.3 Å². The van der Waals surface area contributed by atoms with Crippen molar-refractivity contribution in [1.29, 1.82) is 0 Å². The second-order valence-electron chi connectivity index (χ2n) is 3.09. The Morgan fingerprint density at radius 3 is 2.57 bits per heavy atom. The molecule has 5 heteroatoms. The lowest BCUT2D eigenvalue weighted by atomic mass is 10.1. The number of anilines is 1. The second-order valence-corrected chi connectivity index (χ2v) is 4.25. The zero-order valence-corrected chi connectivity index (χ0v) is 8.93. The highest BCUT2D eigenvalue weighted by Crippen LogP contribution is 2.18. The monoisotopic (exact) mass is 215 g/mol. The molecule has 0 fully saturated rings. The minimum atomic E-state index is -4.18. The Morgan fingerprint density at radius 2 is 2.07 bits per heavy atom. The molecule has 14 heavy (non-hydrogen) atoms. The molecule has 0 radical (unpaired) electrons. The normalized spacial score (nSPS) is 11.4. The fraction of sp³-hybridized carbons (Fsp3) is 0.333. The van der Waals surface area contributed by atoms with Gasteiger partial charge in [0.15, 0.2) is 0 Å². The Kier molecular flexibility index (Phi) is 3.13. The van der Waals surface area contributed by atoms with E-state index in [-0.39, 0.29) is 0 Å². The van der Waals surface area contributed by atoms with Crippen molar-refractivity contribution in [3.8, 4) is 0 Å². The van der Waals surface area contributed by atoms with E-state index in [0.717, 1.165) is 11.1 Å². The number of nitrogens with one attached hydrogen (secondary N) is 1. The van der Waals surface area contributed by atoms with Crippen LogP contribution in [0, 0.1) is 6.92 Å². The highest BCUT2D eigenvalue weighted by molar-refractivity contribution is 7.87. The zero-order valence-electron chi connectivity index (χ0n) is 8.11. The fourth-order valence-electron chi connectivity index (χ4n) is 1.23. The zero-order chi connectivity index (χ0) is 10.8. The van der Waals surface area contributed by atoms with Crippen molar-refractivity contribution in [2.24, 2.45) is 0 Å². The maximum absolute atomic E-state index is 10.6. The number of rotatable bonds is 3. The molecule has 0 bridgehead atoms. The van der Waals surface area contributed by atoms with Gasteiger partial charge in [-0.1, -0.05) is 19.1 Å².